The Kier molecular flexibility index (Phi) is 4.24. The molecule has 1 aliphatic rings. The van der Waals surface area contributed by atoms with Crippen LogP contribution in [0.2, 0.25) is 0 Å². The normalized spacial score (nSPS) is 14.3. The Balaban J connectivity index is 1.74. The van der Waals surface area contributed by atoms with Crippen LogP contribution in [0.5, 0.6) is 0 Å². The van der Waals surface area contributed by atoms with E-state index in [-0.39, 0.29) is 0 Å². The first-order chi connectivity index (χ1) is 9.74. The van der Waals surface area contributed by atoms with Crippen molar-refractivity contribution in [1.29, 1.82) is 0 Å². The number of nitrogens with two attached hydrogens (primary N) is 1. The summed E-state index contributed by atoms with van der Waals surface area (Å²) in [6.07, 6.45) is 2.44. The molecule has 1 aliphatic carbocycles. The summed E-state index contributed by atoms with van der Waals surface area (Å²) in [4.78, 5) is 10.3. The highest BCUT2D eigenvalue weighted by molar-refractivity contribution is 9.10. The van der Waals surface area contributed by atoms with Gasteiger partial charge in [0.1, 0.15) is 11.6 Å². The second-order valence-electron chi connectivity index (χ2n) is 4.76. The Morgan fingerprint density at radius 3 is 2.85 bits per heavy atom. The van der Waals surface area contributed by atoms with E-state index < -0.39 is 0 Å². The van der Waals surface area contributed by atoms with Gasteiger partial charge in [0.15, 0.2) is 0 Å². The molecule has 1 heterocycles. The highest BCUT2D eigenvalue weighted by atomic mass is 79.9. The predicted molar refractivity (Wildman–Crippen MR) is 85.5 cm³/mol. The maximum Gasteiger partial charge on any atom is 0.143 e. The fourth-order valence-corrected chi connectivity index (χ4v) is 3.31. The van der Waals surface area contributed by atoms with Gasteiger partial charge in [0.2, 0.25) is 0 Å². The zero-order chi connectivity index (χ0) is 13.9. The lowest BCUT2D eigenvalue weighted by Crippen LogP contribution is -2.11. The van der Waals surface area contributed by atoms with E-state index in [1.54, 1.807) is 11.8 Å². The van der Waals surface area contributed by atoms with Crippen molar-refractivity contribution in [2.75, 3.05) is 5.43 Å². The summed E-state index contributed by atoms with van der Waals surface area (Å²) in [6, 6.07) is 10.2. The summed E-state index contributed by atoms with van der Waals surface area (Å²) < 4.78 is 1.08. The van der Waals surface area contributed by atoms with Crippen LogP contribution in [0.25, 0.3) is 0 Å². The van der Waals surface area contributed by atoms with E-state index in [0.717, 1.165) is 21.7 Å². The van der Waals surface area contributed by atoms with Gasteiger partial charge in [0, 0.05) is 27.0 Å². The Bertz CT molecular complexity index is 616. The van der Waals surface area contributed by atoms with Gasteiger partial charge in [0.25, 0.3) is 0 Å². The van der Waals surface area contributed by atoms with E-state index in [4.69, 9.17) is 5.84 Å². The molecule has 1 aromatic heterocycles. The molecule has 1 saturated carbocycles. The van der Waals surface area contributed by atoms with E-state index in [2.05, 4.69) is 43.5 Å². The van der Waals surface area contributed by atoms with Gasteiger partial charge in [-0.15, -0.1) is 11.8 Å². The van der Waals surface area contributed by atoms with E-state index in [1.807, 2.05) is 18.2 Å². The molecule has 2 aromatic rings. The van der Waals surface area contributed by atoms with Gasteiger partial charge in [-0.2, -0.15) is 0 Å². The molecule has 20 heavy (non-hydrogen) atoms. The van der Waals surface area contributed by atoms with Crippen LogP contribution in [0, 0.1) is 0 Å². The van der Waals surface area contributed by atoms with Crippen LogP contribution in [-0.2, 0) is 5.75 Å². The van der Waals surface area contributed by atoms with Gasteiger partial charge in [-0.05, 0) is 31.0 Å². The van der Waals surface area contributed by atoms with Crippen molar-refractivity contribution >= 4 is 33.5 Å². The summed E-state index contributed by atoms with van der Waals surface area (Å²) in [5.74, 6) is 8.35. The zero-order valence-corrected chi connectivity index (χ0v) is 13.2. The molecular formula is C14H15BrN4S. The minimum atomic E-state index is 0.597. The third-order valence-electron chi connectivity index (χ3n) is 3.10. The standard InChI is InChI=1S/C14H15BrN4S/c15-10-2-1-3-11(6-10)20-8-14-17-12(9-4-5-9)7-13(18-14)19-16/h1-3,6-7,9H,4-5,8,16H2,(H,17,18,19). The van der Waals surface area contributed by atoms with Gasteiger partial charge >= 0.3 is 0 Å². The maximum atomic E-state index is 5.48. The molecule has 0 atom stereocenters. The van der Waals surface area contributed by atoms with Crippen molar-refractivity contribution in [1.82, 2.24) is 9.97 Å². The van der Waals surface area contributed by atoms with Gasteiger partial charge in [-0.3, -0.25) is 0 Å². The van der Waals surface area contributed by atoms with Crippen molar-refractivity contribution in [2.24, 2.45) is 5.84 Å². The first kappa shape index (κ1) is 13.9. The van der Waals surface area contributed by atoms with Gasteiger partial charge in [-0.1, -0.05) is 22.0 Å². The lowest BCUT2D eigenvalue weighted by atomic mass is 10.3. The van der Waals surface area contributed by atoms with Crippen molar-refractivity contribution in [3.8, 4) is 0 Å². The molecule has 0 unspecified atom stereocenters. The Morgan fingerprint density at radius 1 is 1.30 bits per heavy atom. The number of rotatable bonds is 5. The van der Waals surface area contributed by atoms with Crippen molar-refractivity contribution in [3.63, 3.8) is 0 Å². The third kappa shape index (κ3) is 3.50. The highest BCUT2D eigenvalue weighted by Crippen LogP contribution is 2.39. The number of thioether (sulfide) groups is 1. The molecule has 0 aliphatic heterocycles. The summed E-state index contributed by atoms with van der Waals surface area (Å²) in [5, 5.41) is 0. The molecule has 0 saturated heterocycles. The molecule has 0 bridgehead atoms. The number of hydrogen-bond acceptors (Lipinski definition) is 5. The first-order valence-corrected chi connectivity index (χ1v) is 8.25. The number of halogens is 1. The zero-order valence-electron chi connectivity index (χ0n) is 10.8. The van der Waals surface area contributed by atoms with Crippen molar-refractivity contribution in [2.45, 2.75) is 29.4 Å². The number of nitrogen functional groups attached to an aromatic ring is 1. The highest BCUT2D eigenvalue weighted by Gasteiger charge is 2.26. The lowest BCUT2D eigenvalue weighted by molar-refractivity contribution is 0.930. The van der Waals surface area contributed by atoms with Crippen LogP contribution in [0.15, 0.2) is 39.7 Å². The van der Waals surface area contributed by atoms with Crippen molar-refractivity contribution in [3.05, 3.63) is 46.3 Å². The molecule has 0 radical (unpaired) electrons. The van der Waals surface area contributed by atoms with E-state index in [0.29, 0.717) is 11.7 Å². The Morgan fingerprint density at radius 2 is 2.15 bits per heavy atom. The summed E-state index contributed by atoms with van der Waals surface area (Å²) >= 11 is 5.20. The second-order valence-corrected chi connectivity index (χ2v) is 6.72. The molecule has 1 aromatic carbocycles. The third-order valence-corrected chi connectivity index (χ3v) is 4.58. The summed E-state index contributed by atoms with van der Waals surface area (Å²) in [6.45, 7) is 0. The van der Waals surface area contributed by atoms with Gasteiger partial charge in [0.05, 0.1) is 5.75 Å². The number of nitrogens with one attached hydrogen (secondary N) is 1. The Hall–Kier alpha value is -1.11. The minimum Gasteiger partial charge on any atom is -0.308 e. The molecule has 104 valence electrons. The molecule has 4 nitrogen and oxygen atoms in total. The molecule has 3 N–H and O–H groups in total. The molecule has 1 fully saturated rings. The van der Waals surface area contributed by atoms with Gasteiger partial charge in [-0.25, -0.2) is 15.8 Å². The molecule has 0 spiro atoms. The quantitative estimate of drug-likeness (QED) is 0.489. The summed E-state index contributed by atoms with van der Waals surface area (Å²) in [5.41, 5.74) is 3.74. The number of hydrogen-bond donors (Lipinski definition) is 2. The fraction of sp³-hybridized carbons (Fsp3) is 0.286. The van der Waals surface area contributed by atoms with E-state index >= 15 is 0 Å². The number of aromatic nitrogens is 2. The minimum absolute atomic E-state index is 0.597. The molecule has 6 heteroatoms. The smallest absolute Gasteiger partial charge is 0.143 e. The molecular weight excluding hydrogens is 336 g/mol. The van der Waals surface area contributed by atoms with Gasteiger partial charge < -0.3 is 5.43 Å². The van der Waals surface area contributed by atoms with Crippen LogP contribution < -0.4 is 11.3 Å². The van der Waals surface area contributed by atoms with Crippen LogP contribution in [-0.4, -0.2) is 9.97 Å². The average Bonchev–Trinajstić information content (AvgIpc) is 3.29. The molecule has 3 rings (SSSR count). The monoisotopic (exact) mass is 350 g/mol. The first-order valence-electron chi connectivity index (χ1n) is 6.47. The van der Waals surface area contributed by atoms with Crippen molar-refractivity contribution < 1.29 is 0 Å². The van der Waals surface area contributed by atoms with E-state index in [1.165, 1.54) is 17.7 Å². The SMILES string of the molecule is NNc1cc(C2CC2)nc(CSc2cccc(Br)c2)n1. The molecule has 0 amide bonds. The van der Waals surface area contributed by atoms with Crippen LogP contribution >= 0.6 is 27.7 Å². The van der Waals surface area contributed by atoms with E-state index in [9.17, 15) is 0 Å². The van der Waals surface area contributed by atoms with Crippen LogP contribution in [0.4, 0.5) is 5.82 Å². The van der Waals surface area contributed by atoms with Crippen LogP contribution in [0.3, 0.4) is 0 Å². The average molecular weight is 351 g/mol. The Labute approximate surface area is 130 Å². The lowest BCUT2D eigenvalue weighted by Gasteiger charge is -2.07. The number of benzene rings is 1. The fourth-order valence-electron chi connectivity index (χ4n) is 1.95. The second kappa shape index (κ2) is 6.11. The number of hydrazine groups is 1. The topological polar surface area (TPSA) is 63.8 Å². The largest absolute Gasteiger partial charge is 0.308 e. The summed E-state index contributed by atoms with van der Waals surface area (Å²) in [7, 11) is 0. The predicted octanol–water partition coefficient (Wildman–Crippen LogP) is 3.69. The number of anilines is 1. The van der Waals surface area contributed by atoms with Crippen LogP contribution in [0.1, 0.15) is 30.3 Å². The maximum absolute atomic E-state index is 5.48. The number of nitrogens with zero attached hydrogens (tertiary/aromatic N) is 2.